The Labute approximate surface area is 94.5 Å². The van der Waals surface area contributed by atoms with Crippen LogP contribution in [0, 0.1) is 0 Å². The lowest BCUT2D eigenvalue weighted by Crippen LogP contribution is -2.19. The minimum Gasteiger partial charge on any atom is -0.476 e. The Balaban J connectivity index is 2.32. The van der Waals surface area contributed by atoms with Crippen molar-refractivity contribution in [3.63, 3.8) is 0 Å². The lowest BCUT2D eigenvalue weighted by Gasteiger charge is -2.22. The van der Waals surface area contributed by atoms with Gasteiger partial charge in [-0.3, -0.25) is 0 Å². The van der Waals surface area contributed by atoms with Gasteiger partial charge in [0.15, 0.2) is 5.69 Å². The number of aryl methyl sites for hydroxylation is 1. The summed E-state index contributed by atoms with van der Waals surface area (Å²) in [7, 11) is 0. The van der Waals surface area contributed by atoms with Gasteiger partial charge in [-0.2, -0.15) is 0 Å². The molecule has 1 aliphatic rings. The highest BCUT2D eigenvalue weighted by atomic mass is 16.4. The molecule has 1 heterocycles. The minimum absolute atomic E-state index is 0.229. The third-order valence-electron chi connectivity index (χ3n) is 3.22. The zero-order valence-corrected chi connectivity index (χ0v) is 9.52. The number of aromatic nitrogens is 3. The standard InChI is InChI=1S/C11H17N3O2/c1-2-9-10(11(15)16)14(13-12-9)8-6-4-3-5-7-8/h8H,2-7H2,1H3,(H,15,16). The molecule has 0 radical (unpaired) electrons. The van der Waals surface area contributed by atoms with Crippen LogP contribution in [-0.4, -0.2) is 26.1 Å². The van der Waals surface area contributed by atoms with E-state index in [1.54, 1.807) is 4.68 Å². The molecule has 1 aromatic heterocycles. The van der Waals surface area contributed by atoms with Gasteiger partial charge in [-0.25, -0.2) is 9.48 Å². The Morgan fingerprint density at radius 1 is 1.44 bits per heavy atom. The third-order valence-corrected chi connectivity index (χ3v) is 3.22. The van der Waals surface area contributed by atoms with E-state index in [0.29, 0.717) is 12.1 Å². The highest BCUT2D eigenvalue weighted by Crippen LogP contribution is 2.28. The molecule has 5 nitrogen and oxygen atoms in total. The first-order valence-corrected chi connectivity index (χ1v) is 5.91. The van der Waals surface area contributed by atoms with Crippen LogP contribution in [0.15, 0.2) is 0 Å². The zero-order chi connectivity index (χ0) is 11.5. The molecule has 0 atom stereocenters. The Bertz CT molecular complexity index is 381. The Hall–Kier alpha value is -1.39. The molecule has 1 fully saturated rings. The highest BCUT2D eigenvalue weighted by Gasteiger charge is 2.25. The van der Waals surface area contributed by atoms with Crippen molar-refractivity contribution in [2.75, 3.05) is 0 Å². The minimum atomic E-state index is -0.910. The quantitative estimate of drug-likeness (QED) is 0.851. The molecule has 1 aromatic rings. The maximum Gasteiger partial charge on any atom is 0.356 e. The van der Waals surface area contributed by atoms with Gasteiger partial charge in [0.2, 0.25) is 0 Å². The van der Waals surface area contributed by atoms with E-state index in [2.05, 4.69) is 10.3 Å². The molecule has 1 N–H and O–H groups in total. The summed E-state index contributed by atoms with van der Waals surface area (Å²) in [6.45, 7) is 1.90. The first-order valence-electron chi connectivity index (χ1n) is 5.91. The van der Waals surface area contributed by atoms with E-state index in [1.807, 2.05) is 6.92 Å². The first-order chi connectivity index (χ1) is 7.74. The van der Waals surface area contributed by atoms with Crippen molar-refractivity contribution in [2.45, 2.75) is 51.5 Å². The molecule has 1 aliphatic carbocycles. The van der Waals surface area contributed by atoms with E-state index in [9.17, 15) is 9.90 Å². The topological polar surface area (TPSA) is 68.0 Å². The van der Waals surface area contributed by atoms with Gasteiger partial charge >= 0.3 is 5.97 Å². The van der Waals surface area contributed by atoms with E-state index in [-0.39, 0.29) is 11.7 Å². The monoisotopic (exact) mass is 223 g/mol. The average molecular weight is 223 g/mol. The molecule has 0 amide bonds. The maximum absolute atomic E-state index is 11.2. The summed E-state index contributed by atoms with van der Waals surface area (Å²) in [5, 5.41) is 17.2. The summed E-state index contributed by atoms with van der Waals surface area (Å²) in [4.78, 5) is 11.2. The Morgan fingerprint density at radius 3 is 2.69 bits per heavy atom. The molecule has 0 unspecified atom stereocenters. The maximum atomic E-state index is 11.2. The van der Waals surface area contributed by atoms with Gasteiger partial charge in [0, 0.05) is 0 Å². The van der Waals surface area contributed by atoms with Crippen LogP contribution in [0.3, 0.4) is 0 Å². The molecule has 88 valence electrons. The summed E-state index contributed by atoms with van der Waals surface area (Å²) in [6, 6.07) is 0.229. The van der Waals surface area contributed by atoms with E-state index in [4.69, 9.17) is 0 Å². The number of hydrogen-bond acceptors (Lipinski definition) is 3. The summed E-state index contributed by atoms with van der Waals surface area (Å²) >= 11 is 0. The average Bonchev–Trinajstić information content (AvgIpc) is 2.73. The second-order valence-electron chi connectivity index (χ2n) is 4.28. The molecule has 0 aromatic carbocycles. The van der Waals surface area contributed by atoms with Crippen LogP contribution >= 0.6 is 0 Å². The van der Waals surface area contributed by atoms with Crippen LogP contribution in [-0.2, 0) is 6.42 Å². The predicted molar refractivity (Wildman–Crippen MR) is 58.5 cm³/mol. The number of nitrogens with zero attached hydrogens (tertiary/aromatic N) is 3. The van der Waals surface area contributed by atoms with Crippen molar-refractivity contribution in [1.82, 2.24) is 15.0 Å². The molecule has 5 heteroatoms. The van der Waals surface area contributed by atoms with Gasteiger partial charge in [0.1, 0.15) is 0 Å². The van der Waals surface area contributed by atoms with Crippen molar-refractivity contribution >= 4 is 5.97 Å². The molecule has 0 saturated heterocycles. The van der Waals surface area contributed by atoms with Crippen molar-refractivity contribution in [3.8, 4) is 0 Å². The lowest BCUT2D eigenvalue weighted by molar-refractivity contribution is 0.0676. The second kappa shape index (κ2) is 4.63. The fourth-order valence-electron chi connectivity index (χ4n) is 2.37. The van der Waals surface area contributed by atoms with Crippen LogP contribution in [0.4, 0.5) is 0 Å². The fourth-order valence-corrected chi connectivity index (χ4v) is 2.37. The SMILES string of the molecule is CCc1nnn(C2CCCCC2)c1C(=O)O. The number of carboxylic acids is 1. The van der Waals surface area contributed by atoms with E-state index < -0.39 is 5.97 Å². The van der Waals surface area contributed by atoms with E-state index in [1.165, 1.54) is 6.42 Å². The van der Waals surface area contributed by atoms with Gasteiger partial charge in [-0.05, 0) is 19.3 Å². The zero-order valence-electron chi connectivity index (χ0n) is 9.52. The second-order valence-corrected chi connectivity index (χ2v) is 4.28. The molecule has 0 aliphatic heterocycles. The van der Waals surface area contributed by atoms with Gasteiger partial charge in [-0.15, -0.1) is 5.10 Å². The van der Waals surface area contributed by atoms with Crippen LogP contribution in [0.1, 0.15) is 61.3 Å². The number of carboxylic acid groups (broad SMARTS) is 1. The summed E-state index contributed by atoms with van der Waals surface area (Å²) in [5.74, 6) is -0.910. The van der Waals surface area contributed by atoms with Gasteiger partial charge in [-0.1, -0.05) is 31.4 Å². The predicted octanol–water partition coefficient (Wildman–Crippen LogP) is 2.04. The van der Waals surface area contributed by atoms with Crippen molar-refractivity contribution in [3.05, 3.63) is 11.4 Å². The summed E-state index contributed by atoms with van der Waals surface area (Å²) in [5.41, 5.74) is 0.882. The van der Waals surface area contributed by atoms with E-state index >= 15 is 0 Å². The smallest absolute Gasteiger partial charge is 0.356 e. The van der Waals surface area contributed by atoms with Crippen molar-refractivity contribution < 1.29 is 9.90 Å². The third kappa shape index (κ3) is 1.94. The number of carbonyl (C=O) groups is 1. The molecular formula is C11H17N3O2. The van der Waals surface area contributed by atoms with Crippen LogP contribution in [0.25, 0.3) is 0 Å². The fraction of sp³-hybridized carbons (Fsp3) is 0.727. The van der Waals surface area contributed by atoms with Crippen LogP contribution in [0.2, 0.25) is 0 Å². The normalized spacial score (nSPS) is 17.6. The first kappa shape index (κ1) is 11.1. The van der Waals surface area contributed by atoms with Crippen molar-refractivity contribution in [1.29, 1.82) is 0 Å². The molecule has 0 bridgehead atoms. The highest BCUT2D eigenvalue weighted by molar-refractivity contribution is 5.86. The van der Waals surface area contributed by atoms with Gasteiger partial charge in [0.05, 0.1) is 11.7 Å². The molecule has 16 heavy (non-hydrogen) atoms. The van der Waals surface area contributed by atoms with Crippen LogP contribution in [0.5, 0.6) is 0 Å². The molecule has 1 saturated carbocycles. The summed E-state index contributed by atoms with van der Waals surface area (Å²) in [6.07, 6.45) is 6.22. The van der Waals surface area contributed by atoms with Crippen molar-refractivity contribution in [2.24, 2.45) is 0 Å². The van der Waals surface area contributed by atoms with Gasteiger partial charge < -0.3 is 5.11 Å². The number of rotatable bonds is 3. The largest absolute Gasteiger partial charge is 0.476 e. The summed E-state index contributed by atoms with van der Waals surface area (Å²) < 4.78 is 1.63. The van der Waals surface area contributed by atoms with E-state index in [0.717, 1.165) is 25.7 Å². The molecule has 2 rings (SSSR count). The molecule has 0 spiro atoms. The Morgan fingerprint density at radius 2 is 2.12 bits per heavy atom. The van der Waals surface area contributed by atoms with Gasteiger partial charge in [0.25, 0.3) is 0 Å². The Kier molecular flexibility index (Phi) is 3.22. The molecular weight excluding hydrogens is 206 g/mol. The van der Waals surface area contributed by atoms with Crippen LogP contribution < -0.4 is 0 Å². The lowest BCUT2D eigenvalue weighted by atomic mass is 9.95. The number of aromatic carboxylic acids is 1. The number of hydrogen-bond donors (Lipinski definition) is 1.